The number of hydrogen-bond acceptors (Lipinski definition) is 2. The van der Waals surface area contributed by atoms with E-state index in [0.717, 1.165) is 10.2 Å². The van der Waals surface area contributed by atoms with E-state index in [-0.39, 0.29) is 0 Å². The second-order valence-corrected chi connectivity index (χ2v) is 4.52. The molecular weight excluding hydrogens is 259 g/mol. The van der Waals surface area contributed by atoms with E-state index in [2.05, 4.69) is 22.0 Å². The summed E-state index contributed by atoms with van der Waals surface area (Å²) in [6.07, 6.45) is -0.207. The van der Waals surface area contributed by atoms with E-state index in [9.17, 15) is 4.39 Å². The highest BCUT2D eigenvalue weighted by Crippen LogP contribution is 2.27. The summed E-state index contributed by atoms with van der Waals surface area (Å²) in [6.45, 7) is 1.09. The smallest absolute Gasteiger partial charge is 0.119 e. The fourth-order valence-electron chi connectivity index (χ4n) is 1.81. The van der Waals surface area contributed by atoms with Crippen molar-refractivity contribution in [3.8, 4) is 6.07 Å². The summed E-state index contributed by atoms with van der Waals surface area (Å²) in [6, 6.07) is 7.64. The minimum Gasteiger partial charge on any atom is -0.367 e. The Morgan fingerprint density at radius 1 is 1.53 bits per heavy atom. The summed E-state index contributed by atoms with van der Waals surface area (Å²) < 4.78 is 13.9. The molecule has 78 valence electrons. The van der Waals surface area contributed by atoms with E-state index in [4.69, 9.17) is 5.26 Å². The third kappa shape index (κ3) is 2.13. The van der Waals surface area contributed by atoms with Crippen LogP contribution in [0, 0.1) is 11.3 Å². The van der Waals surface area contributed by atoms with Gasteiger partial charge in [-0.25, -0.2) is 4.39 Å². The van der Waals surface area contributed by atoms with E-state index in [1.165, 1.54) is 0 Å². The van der Waals surface area contributed by atoms with Gasteiger partial charge in [0.25, 0.3) is 0 Å². The third-order valence-electron chi connectivity index (χ3n) is 2.55. The summed E-state index contributed by atoms with van der Waals surface area (Å²) in [5, 5.41) is 8.98. The molecule has 0 N–H and O–H groups in total. The van der Waals surface area contributed by atoms with Crippen LogP contribution in [0.25, 0.3) is 0 Å². The first-order valence-electron chi connectivity index (χ1n) is 4.79. The zero-order valence-corrected chi connectivity index (χ0v) is 9.67. The van der Waals surface area contributed by atoms with Gasteiger partial charge in [0.05, 0.1) is 11.3 Å². The topological polar surface area (TPSA) is 27.0 Å². The van der Waals surface area contributed by atoms with Crippen LogP contribution in [0.15, 0.2) is 22.7 Å². The molecule has 2 rings (SSSR count). The Bertz CT molecular complexity index is 414. The van der Waals surface area contributed by atoms with E-state index in [0.29, 0.717) is 25.1 Å². The van der Waals surface area contributed by atoms with Gasteiger partial charge in [0.15, 0.2) is 0 Å². The van der Waals surface area contributed by atoms with E-state index >= 15 is 0 Å². The van der Waals surface area contributed by atoms with Crippen LogP contribution in [0.5, 0.6) is 0 Å². The Balaban J connectivity index is 2.32. The van der Waals surface area contributed by atoms with Gasteiger partial charge in [0.2, 0.25) is 0 Å². The maximum Gasteiger partial charge on any atom is 0.119 e. The van der Waals surface area contributed by atoms with Crippen LogP contribution >= 0.6 is 15.9 Å². The number of alkyl halides is 1. The monoisotopic (exact) mass is 268 g/mol. The van der Waals surface area contributed by atoms with Gasteiger partial charge in [-0.15, -0.1) is 0 Å². The lowest BCUT2D eigenvalue weighted by atomic mass is 10.2. The van der Waals surface area contributed by atoms with E-state index < -0.39 is 6.17 Å². The van der Waals surface area contributed by atoms with Crippen LogP contribution in [0.1, 0.15) is 12.0 Å². The average Bonchev–Trinajstić information content (AvgIpc) is 2.64. The minimum atomic E-state index is -0.764. The molecule has 1 aromatic carbocycles. The molecule has 0 saturated carbocycles. The molecule has 0 aliphatic carbocycles. The van der Waals surface area contributed by atoms with Gasteiger partial charge < -0.3 is 4.90 Å². The van der Waals surface area contributed by atoms with E-state index in [1.807, 2.05) is 17.0 Å². The molecule has 4 heteroatoms. The van der Waals surface area contributed by atoms with Crippen molar-refractivity contribution in [2.75, 3.05) is 18.0 Å². The average molecular weight is 269 g/mol. The second kappa shape index (κ2) is 4.19. The van der Waals surface area contributed by atoms with Crippen molar-refractivity contribution in [1.82, 2.24) is 0 Å². The van der Waals surface area contributed by atoms with Crippen molar-refractivity contribution in [3.05, 3.63) is 28.2 Å². The van der Waals surface area contributed by atoms with Crippen molar-refractivity contribution < 1.29 is 4.39 Å². The number of hydrogen-bond donors (Lipinski definition) is 0. The van der Waals surface area contributed by atoms with Crippen molar-refractivity contribution in [1.29, 1.82) is 5.26 Å². The van der Waals surface area contributed by atoms with Crippen molar-refractivity contribution in [2.45, 2.75) is 12.6 Å². The molecule has 0 unspecified atom stereocenters. The highest BCUT2D eigenvalue weighted by molar-refractivity contribution is 9.10. The molecule has 2 nitrogen and oxygen atoms in total. The number of rotatable bonds is 1. The number of anilines is 1. The lowest BCUT2D eigenvalue weighted by molar-refractivity contribution is 0.364. The Morgan fingerprint density at radius 3 is 2.93 bits per heavy atom. The summed E-state index contributed by atoms with van der Waals surface area (Å²) >= 11 is 3.31. The van der Waals surface area contributed by atoms with Crippen molar-refractivity contribution in [3.63, 3.8) is 0 Å². The second-order valence-electron chi connectivity index (χ2n) is 3.61. The molecule has 0 amide bonds. The largest absolute Gasteiger partial charge is 0.367 e. The van der Waals surface area contributed by atoms with Crippen molar-refractivity contribution >= 4 is 21.6 Å². The van der Waals surface area contributed by atoms with Crippen LogP contribution in [0.3, 0.4) is 0 Å². The van der Waals surface area contributed by atoms with Gasteiger partial charge in [0.1, 0.15) is 12.2 Å². The molecule has 1 aromatic rings. The highest BCUT2D eigenvalue weighted by Gasteiger charge is 2.23. The van der Waals surface area contributed by atoms with Crippen LogP contribution < -0.4 is 4.90 Å². The summed E-state index contributed by atoms with van der Waals surface area (Å²) in [7, 11) is 0. The predicted molar refractivity (Wildman–Crippen MR) is 60.6 cm³/mol. The van der Waals surface area contributed by atoms with E-state index in [1.54, 1.807) is 6.07 Å². The molecule has 0 aromatic heterocycles. The quantitative estimate of drug-likeness (QED) is 0.783. The Labute approximate surface area is 96.4 Å². The number of halogens is 2. The number of nitrogens with zero attached hydrogens (tertiary/aromatic N) is 2. The van der Waals surface area contributed by atoms with Crippen LogP contribution in [0.4, 0.5) is 10.1 Å². The molecule has 0 bridgehead atoms. The van der Waals surface area contributed by atoms with Gasteiger partial charge in [-0.05, 0) is 24.6 Å². The molecule has 1 aliphatic rings. The van der Waals surface area contributed by atoms with Gasteiger partial charge in [0, 0.05) is 17.6 Å². The summed E-state index contributed by atoms with van der Waals surface area (Å²) in [5.74, 6) is 0. The zero-order chi connectivity index (χ0) is 10.8. The lowest BCUT2D eigenvalue weighted by Gasteiger charge is -2.18. The van der Waals surface area contributed by atoms with Gasteiger partial charge in [-0.3, -0.25) is 0 Å². The highest BCUT2D eigenvalue weighted by atomic mass is 79.9. The molecule has 0 radical (unpaired) electrons. The minimum absolute atomic E-state index is 0.399. The Morgan fingerprint density at radius 2 is 2.33 bits per heavy atom. The van der Waals surface area contributed by atoms with Crippen LogP contribution in [-0.4, -0.2) is 19.3 Å². The molecule has 15 heavy (non-hydrogen) atoms. The Kier molecular flexibility index (Phi) is 2.92. The first-order valence-corrected chi connectivity index (χ1v) is 5.58. The zero-order valence-electron chi connectivity index (χ0n) is 8.08. The molecule has 1 aliphatic heterocycles. The van der Waals surface area contributed by atoms with Gasteiger partial charge in [-0.2, -0.15) is 5.26 Å². The first kappa shape index (κ1) is 10.4. The predicted octanol–water partition coefficient (Wildman–Crippen LogP) is 2.87. The third-order valence-corrected chi connectivity index (χ3v) is 3.04. The normalized spacial score (nSPS) is 20.3. The SMILES string of the molecule is N#Cc1cc(Br)ccc1N1CC[C@H](F)C1. The standard InChI is InChI=1S/C11H10BrFN2/c12-9-1-2-11(8(5-9)6-14)15-4-3-10(13)7-15/h1-2,5,10H,3-4,7H2/t10-/m0/s1. The van der Waals surface area contributed by atoms with Gasteiger partial charge in [-0.1, -0.05) is 15.9 Å². The molecular formula is C11H10BrFN2. The number of nitriles is 1. The Hall–Kier alpha value is -1.08. The fraction of sp³-hybridized carbons (Fsp3) is 0.364. The maximum absolute atomic E-state index is 13.0. The molecule has 1 heterocycles. The van der Waals surface area contributed by atoms with Gasteiger partial charge >= 0.3 is 0 Å². The number of benzene rings is 1. The van der Waals surface area contributed by atoms with Crippen LogP contribution in [-0.2, 0) is 0 Å². The van der Waals surface area contributed by atoms with Crippen molar-refractivity contribution in [2.24, 2.45) is 0 Å². The molecule has 1 atom stereocenters. The molecule has 1 fully saturated rings. The fourth-order valence-corrected chi connectivity index (χ4v) is 2.17. The van der Waals surface area contributed by atoms with Crippen LogP contribution in [0.2, 0.25) is 0 Å². The first-order chi connectivity index (χ1) is 7.20. The summed E-state index contributed by atoms with van der Waals surface area (Å²) in [5.41, 5.74) is 1.43. The lowest BCUT2D eigenvalue weighted by Crippen LogP contribution is -2.20. The maximum atomic E-state index is 13.0. The summed E-state index contributed by atoms with van der Waals surface area (Å²) in [4.78, 5) is 1.93. The molecule has 1 saturated heterocycles. The molecule has 0 spiro atoms.